The van der Waals surface area contributed by atoms with Crippen molar-refractivity contribution >= 4 is 696 Å². The summed E-state index contributed by atoms with van der Waals surface area (Å²) < 4.78 is 126. The first-order chi connectivity index (χ1) is 57.5. The van der Waals surface area contributed by atoms with Crippen LogP contribution in [-0.2, 0) is 542 Å². The molecule has 0 amide bonds. The molecular weight excluding hydrogens is 3110 g/mol. The molecule has 78 heteroatoms. The first kappa shape index (κ1) is 119. The fourth-order valence-corrected chi connectivity index (χ4v) is 140. The highest BCUT2D eigenvalue weighted by Crippen LogP contribution is 2.49. The van der Waals surface area contributed by atoms with E-state index < -0.39 is 57.7 Å². The van der Waals surface area contributed by atoms with E-state index in [2.05, 4.69) is 92.4 Å². The Morgan fingerprint density at radius 1 is 0.308 bits per heavy atom. The molecular formula is C42H28BBr4IO10S62. The standard InChI is InChI=1S/C18H19BO6S2.C18H8Br2O4S4.C6HBr2IS2.S19.S18.S17/c1-17(2)18(3,4)25-19(24-17)12-9-10-15-16(11-12)27(22,23)14-8-6-5-7-13(14)26(15,20)21;19-16-17-11(26-18(16)20)8-10(25-17)9-5-6-14-15(7-9)28(23,24)13-4-2-1-3-12(13)27(14,21)22;7-4-5-2(10-6(4)8)1-3(9)11-5;1-3-5-7-9-11-13-15-17-19-18-16-14-12-10-8-6-4-2;1-3-5-7-9-11-13-15-17-18-16-14-12-10-8-6-4-2;1-3-5-7-9-11-13-15-17-16-14-12-10-8-6-4-2/h5-11H,1-4H3;1-8H;1H;;;. The lowest BCUT2D eigenvalue weighted by Gasteiger charge is -2.32. The lowest BCUT2D eigenvalue weighted by molar-refractivity contribution is 0.00578. The predicted octanol–water partition coefficient (Wildman–Crippen LogP) is 13.1. The summed E-state index contributed by atoms with van der Waals surface area (Å²) in [5.41, 5.74) is -0.0464. The zero-order valence-corrected chi connectivity index (χ0v) is 115. The van der Waals surface area contributed by atoms with Gasteiger partial charge in [0.2, 0.25) is 39.3 Å². The largest absolute Gasteiger partial charge is 0.494 e. The van der Waals surface area contributed by atoms with Crippen LogP contribution in [0.3, 0.4) is 0 Å². The van der Waals surface area contributed by atoms with E-state index in [0.717, 1.165) is 22.5 Å². The number of thiophene rings is 4. The van der Waals surface area contributed by atoms with Gasteiger partial charge in [-0.3, -0.25) is 0 Å². The van der Waals surface area contributed by atoms with Gasteiger partial charge in [-0.1, -0.05) is 36.4 Å². The maximum atomic E-state index is 13.1. The number of benzene rings is 4. The summed E-state index contributed by atoms with van der Waals surface area (Å²) >= 11 is 51.6. The van der Waals surface area contributed by atoms with Gasteiger partial charge in [0.25, 0.3) is 0 Å². The Bertz CT molecular complexity index is 8110. The van der Waals surface area contributed by atoms with Crippen molar-refractivity contribution in [1.29, 1.82) is 0 Å². The average Bonchev–Trinajstić information content (AvgIpc) is 0.746. The number of rotatable bonds is 2. The van der Waals surface area contributed by atoms with Crippen LogP contribution in [0.15, 0.2) is 153 Å². The molecule has 0 aliphatic carbocycles. The van der Waals surface area contributed by atoms with Crippen LogP contribution in [0, 0.1) is 2.88 Å². The SMILES string of the molecule is Brc1sc2cc(I)sc2c1Br.CC1(C)OB(c2ccc3c(c2)S(=O)(=O)c2ccccc2S3(=O)=O)OC1(C)C.O=S1(=O)c2ccccc2S(=O)(=O)c2cc(-c3cc4sc(Br)c(Br)c4s3)ccc21.S=S=S=S=S=S=S=S=S=S=S=S=S=S=S=S=S.S=S=S=S=S=S=S=S=S=S=S=S=S=S=S=S=S=S.S=S=S=S=S=S=S=S=S=S=S=S=S=S=S=S=S=S=S. The lowest BCUT2D eigenvalue weighted by atomic mass is 9.79. The molecule has 1 saturated heterocycles. The summed E-state index contributed by atoms with van der Waals surface area (Å²) in [6.45, 7) is 7.57. The Labute approximate surface area is 921 Å². The van der Waals surface area contributed by atoms with Crippen LogP contribution in [0.1, 0.15) is 27.7 Å². The molecule has 0 saturated carbocycles. The number of halogens is 5. The maximum Gasteiger partial charge on any atom is 0.494 e. The van der Waals surface area contributed by atoms with Gasteiger partial charge >= 0.3 is 7.12 Å². The molecule has 3 aliphatic heterocycles. The minimum absolute atomic E-state index is 0.166. The molecule has 0 spiro atoms. The second-order valence-electron chi connectivity index (χ2n) is 19.1. The lowest BCUT2D eigenvalue weighted by Crippen LogP contribution is -2.41. The Morgan fingerprint density at radius 2 is 0.550 bits per heavy atom. The van der Waals surface area contributed by atoms with Crippen molar-refractivity contribution in [2.24, 2.45) is 0 Å². The summed E-state index contributed by atoms with van der Waals surface area (Å²) in [6.07, 6.45) is 0. The molecule has 8 aromatic rings. The first-order valence-corrected chi connectivity index (χ1v) is 109. The molecule has 0 radical (unpaired) electrons. The van der Waals surface area contributed by atoms with Gasteiger partial charge in [0.15, 0.2) is 0 Å². The molecule has 10 nitrogen and oxygen atoms in total. The van der Waals surface area contributed by atoms with Crippen LogP contribution >= 0.6 is 132 Å². The Hall–Kier alpha value is 10.5. The highest BCUT2D eigenvalue weighted by atomic mass is 127. The fourth-order valence-electron chi connectivity index (χ4n) is 7.70. The second kappa shape index (κ2) is 66.4. The van der Waals surface area contributed by atoms with Gasteiger partial charge in [-0.05, 0) is 186 Å². The third kappa shape index (κ3) is 40.7. The number of fused-ring (bicyclic) bond motifs is 6. The maximum absolute atomic E-state index is 13.1. The number of hydrogen-bond acceptors (Lipinski definition) is 20. The predicted molar refractivity (Wildman–Crippen MR) is 683 cm³/mol. The minimum atomic E-state index is -3.97. The van der Waals surface area contributed by atoms with Crippen molar-refractivity contribution in [2.45, 2.75) is 78.1 Å². The molecule has 1 fully saturated rings. The van der Waals surface area contributed by atoms with Crippen molar-refractivity contribution in [1.82, 2.24) is 0 Å². The molecule has 4 aromatic heterocycles. The van der Waals surface area contributed by atoms with E-state index >= 15 is 0 Å². The average molecular weight is 3140 g/mol. The minimum Gasteiger partial charge on any atom is -0.399 e. The van der Waals surface area contributed by atoms with Gasteiger partial charge in [-0.2, -0.15) is 0 Å². The summed E-state index contributed by atoms with van der Waals surface area (Å²) in [5, 5.41) is 0. The van der Waals surface area contributed by atoms with Crippen molar-refractivity contribution in [2.75, 3.05) is 0 Å². The van der Waals surface area contributed by atoms with E-state index in [0.29, 0.717) is 11.0 Å². The Morgan fingerprint density at radius 3 is 0.825 bits per heavy atom. The van der Waals surface area contributed by atoms with E-state index in [-0.39, 0.29) is 39.2 Å². The Kier molecular flexibility index (Phi) is 65.9. The van der Waals surface area contributed by atoms with Gasteiger partial charge in [0.05, 0.1) is 79.2 Å². The van der Waals surface area contributed by atoms with Crippen LogP contribution in [-0.4, -0.2) is 52.0 Å². The smallest absolute Gasteiger partial charge is 0.399 e. The molecule has 0 unspecified atom stereocenters. The molecule has 0 atom stereocenters. The third-order valence-electron chi connectivity index (χ3n) is 12.5. The zero-order valence-electron chi connectivity index (χ0n) is 56.1. The summed E-state index contributed by atoms with van der Waals surface area (Å²) in [5.74, 6) is 0. The molecule has 666 valence electrons. The highest BCUT2D eigenvalue weighted by molar-refractivity contribution is 14.1. The molecule has 120 heavy (non-hydrogen) atoms. The fraction of sp³-hybridized carbons (Fsp3) is 0.143. The summed E-state index contributed by atoms with van der Waals surface area (Å²) in [4.78, 5) is -0.653. The zero-order chi connectivity index (χ0) is 87.6. The number of hydrogen-bond donors (Lipinski definition) is 0. The van der Waals surface area contributed by atoms with Crippen LogP contribution in [0.25, 0.3) is 29.2 Å². The highest BCUT2D eigenvalue weighted by Gasteiger charge is 2.52. The topological polar surface area (TPSA) is 155 Å². The van der Waals surface area contributed by atoms with Crippen molar-refractivity contribution in [3.05, 3.63) is 116 Å². The van der Waals surface area contributed by atoms with Gasteiger partial charge < -0.3 is 9.31 Å². The third-order valence-corrected chi connectivity index (χ3v) is 131. The van der Waals surface area contributed by atoms with Gasteiger partial charge in [0, 0.05) is 508 Å². The second-order valence-corrected chi connectivity index (χ2v) is 122. The quantitative estimate of drug-likeness (QED) is 0.119. The van der Waals surface area contributed by atoms with Crippen LogP contribution in [0.2, 0.25) is 0 Å². The molecule has 7 heterocycles. The van der Waals surface area contributed by atoms with Crippen molar-refractivity contribution in [3.63, 3.8) is 0 Å². The van der Waals surface area contributed by atoms with E-state index in [1.54, 1.807) is 408 Å². The van der Waals surface area contributed by atoms with Crippen molar-refractivity contribution < 1.29 is 43.0 Å². The molecule has 4 aromatic carbocycles. The van der Waals surface area contributed by atoms with Crippen LogP contribution in [0.4, 0.5) is 0 Å². The molecule has 3 aliphatic rings. The molecule has 0 bridgehead atoms. The van der Waals surface area contributed by atoms with Gasteiger partial charge in [-0.25, -0.2) is 33.7 Å². The van der Waals surface area contributed by atoms with E-state index in [4.69, 9.17) is 76.4 Å². The van der Waals surface area contributed by atoms with E-state index in [9.17, 15) is 33.7 Å². The Balaban J connectivity index is 0.000000229. The summed E-state index contributed by atoms with van der Waals surface area (Å²) in [7, 11) is 65.1. The number of sulfone groups is 4. The molecule has 11 rings (SSSR count). The first-order valence-electron chi connectivity index (χ1n) is 27.5. The van der Waals surface area contributed by atoms with E-state index in [1.807, 2.05) is 45.1 Å². The van der Waals surface area contributed by atoms with Crippen LogP contribution < -0.4 is 5.46 Å². The van der Waals surface area contributed by atoms with E-state index in [1.165, 1.54) is 158 Å². The van der Waals surface area contributed by atoms with Gasteiger partial charge in [0.1, 0.15) is 0 Å². The monoisotopic (exact) mass is 3130 g/mol. The summed E-state index contributed by atoms with van der Waals surface area (Å²) in [6, 6.07) is 24.3. The normalized spacial score (nSPS) is 13.5. The molecule has 0 N–H and O–H groups in total. The van der Waals surface area contributed by atoms with Crippen molar-refractivity contribution in [3.8, 4) is 10.4 Å². The van der Waals surface area contributed by atoms with Gasteiger partial charge in [-0.15, -0.1) is 45.3 Å². The van der Waals surface area contributed by atoms with Crippen LogP contribution in [0.5, 0.6) is 0 Å².